The number of nitrogens with one attached hydrogen (secondary N) is 1. The Morgan fingerprint density at radius 1 is 1.18 bits per heavy atom. The van der Waals surface area contributed by atoms with Crippen LogP contribution in [0.3, 0.4) is 0 Å². The second kappa shape index (κ2) is 7.26. The molecule has 1 amide bonds. The zero-order chi connectivity index (χ0) is 15.9. The zero-order valence-corrected chi connectivity index (χ0v) is 12.5. The van der Waals surface area contributed by atoms with Crippen LogP contribution in [0, 0.1) is 0 Å². The highest BCUT2D eigenvalue weighted by molar-refractivity contribution is 6.01. The average molecular weight is 298 g/mol. The van der Waals surface area contributed by atoms with Crippen molar-refractivity contribution in [3.05, 3.63) is 59.7 Å². The molecule has 0 heterocycles. The van der Waals surface area contributed by atoms with E-state index in [2.05, 4.69) is 10.5 Å². The molecule has 0 radical (unpaired) electrons. The first kappa shape index (κ1) is 15.6. The molecule has 0 fully saturated rings. The van der Waals surface area contributed by atoms with Gasteiger partial charge in [-0.2, -0.15) is 5.10 Å². The predicted molar refractivity (Wildman–Crippen MR) is 85.2 cm³/mol. The molecule has 22 heavy (non-hydrogen) atoms. The van der Waals surface area contributed by atoms with Gasteiger partial charge in [-0.1, -0.05) is 24.3 Å². The van der Waals surface area contributed by atoms with Crippen molar-refractivity contribution in [2.75, 3.05) is 7.11 Å². The largest absolute Gasteiger partial charge is 0.507 e. The summed E-state index contributed by atoms with van der Waals surface area (Å²) in [6, 6.07) is 14.1. The molecule has 2 aromatic rings. The first-order chi connectivity index (χ1) is 10.6. The molecule has 0 unspecified atom stereocenters. The van der Waals surface area contributed by atoms with E-state index >= 15 is 0 Å². The molecule has 0 aliphatic heterocycles. The lowest BCUT2D eigenvalue weighted by Gasteiger charge is -2.05. The van der Waals surface area contributed by atoms with Crippen LogP contribution in [0.4, 0.5) is 0 Å². The summed E-state index contributed by atoms with van der Waals surface area (Å²) in [5.74, 6) is 0.658. The lowest BCUT2D eigenvalue weighted by molar-refractivity contribution is -0.120. The number of aromatic hydroxyl groups is 1. The highest BCUT2D eigenvalue weighted by Crippen LogP contribution is 2.16. The molecule has 0 saturated carbocycles. The van der Waals surface area contributed by atoms with E-state index in [9.17, 15) is 9.90 Å². The number of phenolic OH excluding ortho intramolecular Hbond substituents is 1. The predicted octanol–water partition coefficient (Wildman–Crippen LogP) is 2.48. The number of para-hydroxylation sites is 1. The smallest absolute Gasteiger partial charge is 0.244 e. The van der Waals surface area contributed by atoms with Crippen LogP contribution in [-0.2, 0) is 11.2 Å². The van der Waals surface area contributed by atoms with Crippen LogP contribution in [0.1, 0.15) is 18.1 Å². The minimum atomic E-state index is -0.222. The number of carbonyl (C=O) groups is 1. The first-order valence-corrected chi connectivity index (χ1v) is 6.84. The number of ether oxygens (including phenoxy) is 1. The molecule has 2 rings (SSSR count). The number of hydrogen-bond donors (Lipinski definition) is 2. The van der Waals surface area contributed by atoms with Crippen LogP contribution >= 0.6 is 0 Å². The van der Waals surface area contributed by atoms with Gasteiger partial charge in [0.1, 0.15) is 11.5 Å². The van der Waals surface area contributed by atoms with E-state index in [0.717, 1.165) is 11.3 Å². The van der Waals surface area contributed by atoms with Gasteiger partial charge in [0.25, 0.3) is 0 Å². The SMILES string of the molecule is COc1ccc(CC(=O)N/N=C(\C)c2ccccc2O)cc1. The Kier molecular flexibility index (Phi) is 5.14. The fraction of sp³-hybridized carbons (Fsp3) is 0.176. The minimum absolute atomic E-state index is 0.133. The summed E-state index contributed by atoms with van der Waals surface area (Å²) in [7, 11) is 1.60. The van der Waals surface area contributed by atoms with Crippen LogP contribution in [0.15, 0.2) is 53.6 Å². The van der Waals surface area contributed by atoms with Crippen LogP contribution in [0.25, 0.3) is 0 Å². The number of benzene rings is 2. The Morgan fingerprint density at radius 2 is 1.86 bits per heavy atom. The molecule has 0 aromatic heterocycles. The highest BCUT2D eigenvalue weighted by atomic mass is 16.5. The second-order valence-electron chi connectivity index (χ2n) is 4.77. The molecule has 0 bridgehead atoms. The van der Waals surface area contributed by atoms with E-state index in [1.54, 1.807) is 50.4 Å². The van der Waals surface area contributed by atoms with Gasteiger partial charge >= 0.3 is 0 Å². The summed E-state index contributed by atoms with van der Waals surface area (Å²) in [6.07, 6.45) is 0.224. The number of hydrazone groups is 1. The van der Waals surface area contributed by atoms with Crippen molar-refractivity contribution in [1.82, 2.24) is 5.43 Å². The third-order valence-electron chi connectivity index (χ3n) is 3.17. The summed E-state index contributed by atoms with van der Waals surface area (Å²) < 4.78 is 5.07. The quantitative estimate of drug-likeness (QED) is 0.658. The molecule has 0 atom stereocenters. The molecule has 114 valence electrons. The maximum absolute atomic E-state index is 11.9. The molecule has 5 nitrogen and oxygen atoms in total. The third-order valence-corrected chi connectivity index (χ3v) is 3.17. The molecule has 0 aliphatic carbocycles. The van der Waals surface area contributed by atoms with Gasteiger partial charge in [-0.3, -0.25) is 4.79 Å². The van der Waals surface area contributed by atoms with Gasteiger partial charge in [0.2, 0.25) is 5.91 Å². The lowest BCUT2D eigenvalue weighted by atomic mass is 10.1. The topological polar surface area (TPSA) is 70.9 Å². The van der Waals surface area contributed by atoms with Crippen molar-refractivity contribution in [2.24, 2.45) is 5.10 Å². The highest BCUT2D eigenvalue weighted by Gasteiger charge is 2.06. The zero-order valence-electron chi connectivity index (χ0n) is 12.5. The number of methoxy groups -OCH3 is 1. The molecule has 5 heteroatoms. The van der Waals surface area contributed by atoms with E-state index in [-0.39, 0.29) is 18.1 Å². The first-order valence-electron chi connectivity index (χ1n) is 6.84. The summed E-state index contributed by atoms with van der Waals surface area (Å²) in [5, 5.41) is 13.7. The van der Waals surface area contributed by atoms with Gasteiger partial charge in [-0.05, 0) is 36.8 Å². The molecular weight excluding hydrogens is 280 g/mol. The second-order valence-corrected chi connectivity index (χ2v) is 4.77. The Hall–Kier alpha value is -2.82. The van der Waals surface area contributed by atoms with Gasteiger partial charge in [0.15, 0.2) is 0 Å². The maximum Gasteiger partial charge on any atom is 0.244 e. The minimum Gasteiger partial charge on any atom is -0.507 e. The van der Waals surface area contributed by atoms with Gasteiger partial charge in [0.05, 0.1) is 19.2 Å². The Balaban J connectivity index is 1.97. The number of carbonyl (C=O) groups excluding carboxylic acids is 1. The Labute approximate surface area is 129 Å². The fourth-order valence-corrected chi connectivity index (χ4v) is 1.95. The summed E-state index contributed by atoms with van der Waals surface area (Å²) in [4.78, 5) is 11.9. The van der Waals surface area contributed by atoms with Gasteiger partial charge < -0.3 is 9.84 Å². The lowest BCUT2D eigenvalue weighted by Crippen LogP contribution is -2.21. The van der Waals surface area contributed by atoms with Crippen molar-refractivity contribution in [3.8, 4) is 11.5 Å². The molecule has 0 aliphatic rings. The van der Waals surface area contributed by atoms with Gasteiger partial charge in [-0.25, -0.2) is 5.43 Å². The number of amides is 1. The van der Waals surface area contributed by atoms with E-state index in [1.807, 2.05) is 12.1 Å². The average Bonchev–Trinajstić information content (AvgIpc) is 2.54. The Bertz CT molecular complexity index is 679. The maximum atomic E-state index is 11.9. The normalized spacial score (nSPS) is 11.1. The molecule has 2 aromatic carbocycles. The summed E-state index contributed by atoms with van der Waals surface area (Å²) >= 11 is 0. The van der Waals surface area contributed by atoms with Crippen LogP contribution in [-0.4, -0.2) is 23.8 Å². The fourth-order valence-electron chi connectivity index (χ4n) is 1.95. The van der Waals surface area contributed by atoms with Crippen molar-refractivity contribution < 1.29 is 14.6 Å². The van der Waals surface area contributed by atoms with Crippen molar-refractivity contribution >= 4 is 11.6 Å². The van der Waals surface area contributed by atoms with E-state index in [0.29, 0.717) is 11.3 Å². The molecule has 2 N–H and O–H groups in total. The van der Waals surface area contributed by atoms with Gasteiger partial charge in [0, 0.05) is 5.56 Å². The van der Waals surface area contributed by atoms with Crippen LogP contribution < -0.4 is 10.2 Å². The number of rotatable bonds is 5. The molecular formula is C17H18N2O3. The van der Waals surface area contributed by atoms with Crippen molar-refractivity contribution in [3.63, 3.8) is 0 Å². The van der Waals surface area contributed by atoms with E-state index < -0.39 is 0 Å². The van der Waals surface area contributed by atoms with Crippen LogP contribution in [0.2, 0.25) is 0 Å². The summed E-state index contributed by atoms with van der Waals surface area (Å²) in [5.41, 5.74) is 4.49. The van der Waals surface area contributed by atoms with Crippen molar-refractivity contribution in [2.45, 2.75) is 13.3 Å². The Morgan fingerprint density at radius 3 is 2.50 bits per heavy atom. The molecule has 0 spiro atoms. The number of phenols is 1. The number of hydrogen-bond acceptors (Lipinski definition) is 4. The monoisotopic (exact) mass is 298 g/mol. The summed E-state index contributed by atoms with van der Waals surface area (Å²) in [6.45, 7) is 1.72. The van der Waals surface area contributed by atoms with Crippen LogP contribution in [0.5, 0.6) is 11.5 Å². The third kappa shape index (κ3) is 4.09. The molecule has 0 saturated heterocycles. The van der Waals surface area contributed by atoms with Crippen molar-refractivity contribution in [1.29, 1.82) is 0 Å². The van der Waals surface area contributed by atoms with E-state index in [4.69, 9.17) is 4.74 Å². The van der Waals surface area contributed by atoms with E-state index in [1.165, 1.54) is 0 Å². The van der Waals surface area contributed by atoms with Gasteiger partial charge in [-0.15, -0.1) is 0 Å². The number of nitrogens with zero attached hydrogens (tertiary/aromatic N) is 1. The standard InChI is InChI=1S/C17H18N2O3/c1-12(15-5-3-4-6-16(15)20)18-19-17(21)11-13-7-9-14(22-2)10-8-13/h3-10,20H,11H2,1-2H3,(H,19,21)/b18-12+.